The maximum Gasteiger partial charge on any atom is 0.249 e. The summed E-state index contributed by atoms with van der Waals surface area (Å²) >= 11 is 0. The van der Waals surface area contributed by atoms with E-state index in [0.29, 0.717) is 18.3 Å². The molecule has 1 aromatic carbocycles. The summed E-state index contributed by atoms with van der Waals surface area (Å²) in [6, 6.07) is 10.9. The molecule has 0 radical (unpaired) electrons. The highest BCUT2D eigenvalue weighted by Gasteiger charge is 2.03. The number of amides is 1. The minimum absolute atomic E-state index is 0.112. The van der Waals surface area contributed by atoms with E-state index in [-0.39, 0.29) is 5.91 Å². The fourth-order valence-electron chi connectivity index (χ4n) is 2.00. The van der Waals surface area contributed by atoms with Gasteiger partial charge in [0.1, 0.15) is 5.76 Å². The minimum atomic E-state index is -0.112. The van der Waals surface area contributed by atoms with Gasteiger partial charge in [-0.25, -0.2) is 0 Å². The van der Waals surface area contributed by atoms with Gasteiger partial charge in [-0.1, -0.05) is 0 Å². The largest absolute Gasteiger partial charge is 0.467 e. The highest BCUT2D eigenvalue weighted by molar-refractivity contribution is 5.88. The van der Waals surface area contributed by atoms with Crippen molar-refractivity contribution in [1.82, 2.24) is 15.2 Å². The van der Waals surface area contributed by atoms with Crippen molar-refractivity contribution in [2.45, 2.75) is 13.5 Å². The van der Waals surface area contributed by atoms with Gasteiger partial charge in [0.2, 0.25) is 11.9 Å². The van der Waals surface area contributed by atoms with Gasteiger partial charge in [-0.15, -0.1) is 5.10 Å². The second-order valence-corrected chi connectivity index (χ2v) is 4.98. The molecule has 0 aliphatic rings. The summed E-state index contributed by atoms with van der Waals surface area (Å²) in [6.45, 7) is 1.98. The van der Waals surface area contributed by atoms with Crippen LogP contribution in [0.4, 0.5) is 23.1 Å². The van der Waals surface area contributed by atoms with Crippen LogP contribution in [0.2, 0.25) is 0 Å². The molecule has 0 unspecified atom stereocenters. The Morgan fingerprint density at radius 1 is 1.17 bits per heavy atom. The number of benzene rings is 1. The zero-order valence-corrected chi connectivity index (χ0v) is 13.0. The SMILES string of the molecule is CC(=O)Nc1ccc(Nc2nncc(NCc3ccco3)n2)cc1. The van der Waals surface area contributed by atoms with Gasteiger partial charge in [-0.05, 0) is 36.4 Å². The molecule has 3 N–H and O–H groups in total. The first-order valence-electron chi connectivity index (χ1n) is 7.30. The molecule has 0 spiro atoms. The van der Waals surface area contributed by atoms with Crippen LogP contribution in [-0.2, 0) is 11.3 Å². The predicted molar refractivity (Wildman–Crippen MR) is 89.9 cm³/mol. The number of nitrogens with one attached hydrogen (secondary N) is 3. The van der Waals surface area contributed by atoms with Crippen molar-refractivity contribution in [3.8, 4) is 0 Å². The summed E-state index contributed by atoms with van der Waals surface area (Å²) < 4.78 is 5.25. The fraction of sp³-hybridized carbons (Fsp3) is 0.125. The third kappa shape index (κ3) is 4.29. The fourth-order valence-corrected chi connectivity index (χ4v) is 2.00. The molecule has 0 bridgehead atoms. The molecule has 3 aromatic rings. The molecular formula is C16H16N6O2. The topological polar surface area (TPSA) is 105 Å². The van der Waals surface area contributed by atoms with Gasteiger partial charge in [-0.2, -0.15) is 10.1 Å². The number of rotatable bonds is 6. The lowest BCUT2D eigenvalue weighted by Gasteiger charge is -2.08. The molecule has 8 heteroatoms. The van der Waals surface area contributed by atoms with Gasteiger partial charge >= 0.3 is 0 Å². The van der Waals surface area contributed by atoms with Crippen molar-refractivity contribution in [2.75, 3.05) is 16.0 Å². The van der Waals surface area contributed by atoms with Gasteiger partial charge in [-0.3, -0.25) is 4.79 Å². The minimum Gasteiger partial charge on any atom is -0.467 e. The Labute approximate surface area is 138 Å². The lowest BCUT2D eigenvalue weighted by atomic mass is 10.3. The van der Waals surface area contributed by atoms with Crippen molar-refractivity contribution < 1.29 is 9.21 Å². The van der Waals surface area contributed by atoms with Crippen LogP contribution < -0.4 is 16.0 Å². The van der Waals surface area contributed by atoms with Crippen molar-refractivity contribution in [3.05, 3.63) is 54.6 Å². The first-order chi connectivity index (χ1) is 11.7. The van der Waals surface area contributed by atoms with E-state index in [1.165, 1.54) is 13.1 Å². The zero-order valence-electron chi connectivity index (χ0n) is 13.0. The van der Waals surface area contributed by atoms with E-state index in [1.807, 2.05) is 24.3 Å². The summed E-state index contributed by atoms with van der Waals surface area (Å²) in [6.07, 6.45) is 3.15. The standard InChI is InChI=1S/C16H16N6O2/c1-11(23)19-12-4-6-13(7-5-12)20-16-21-15(10-18-22-16)17-9-14-3-2-8-24-14/h2-8,10H,9H2,1H3,(H,19,23)(H2,17,20,21,22). The van der Waals surface area contributed by atoms with Crippen LogP contribution in [0.3, 0.4) is 0 Å². The van der Waals surface area contributed by atoms with Crippen molar-refractivity contribution in [1.29, 1.82) is 0 Å². The van der Waals surface area contributed by atoms with Crippen molar-refractivity contribution in [2.24, 2.45) is 0 Å². The number of anilines is 4. The molecule has 1 amide bonds. The number of aromatic nitrogens is 3. The molecule has 0 aliphatic carbocycles. The molecule has 0 saturated heterocycles. The zero-order chi connectivity index (χ0) is 16.8. The maximum absolute atomic E-state index is 11.0. The van der Waals surface area contributed by atoms with E-state index in [9.17, 15) is 4.79 Å². The molecule has 24 heavy (non-hydrogen) atoms. The number of carbonyl (C=O) groups excluding carboxylic acids is 1. The number of nitrogens with zero attached hydrogens (tertiary/aromatic N) is 3. The molecule has 8 nitrogen and oxygen atoms in total. The second kappa shape index (κ2) is 7.23. The van der Waals surface area contributed by atoms with Crippen molar-refractivity contribution in [3.63, 3.8) is 0 Å². The summed E-state index contributed by atoms with van der Waals surface area (Å²) in [5, 5.41) is 16.7. The number of hydrogen-bond acceptors (Lipinski definition) is 7. The Bertz CT molecular complexity index is 802. The van der Waals surface area contributed by atoms with E-state index >= 15 is 0 Å². The molecule has 2 heterocycles. The molecule has 0 atom stereocenters. The number of hydrogen-bond donors (Lipinski definition) is 3. The summed E-state index contributed by atoms with van der Waals surface area (Å²) in [5.74, 6) is 1.64. The van der Waals surface area contributed by atoms with E-state index < -0.39 is 0 Å². The Hall–Kier alpha value is -3.42. The smallest absolute Gasteiger partial charge is 0.249 e. The first-order valence-corrected chi connectivity index (χ1v) is 7.30. The van der Waals surface area contributed by atoms with Crippen molar-refractivity contribution >= 4 is 29.0 Å². The molecule has 0 saturated carbocycles. The van der Waals surface area contributed by atoms with Crippen LogP contribution in [0, 0.1) is 0 Å². The Kier molecular flexibility index (Phi) is 4.66. The molecule has 0 fully saturated rings. The third-order valence-corrected chi connectivity index (χ3v) is 3.04. The normalized spacial score (nSPS) is 10.2. The third-order valence-electron chi connectivity index (χ3n) is 3.04. The molecule has 2 aromatic heterocycles. The molecular weight excluding hydrogens is 308 g/mol. The van der Waals surface area contributed by atoms with E-state index in [1.54, 1.807) is 18.4 Å². The van der Waals surface area contributed by atoms with E-state index in [2.05, 4.69) is 31.1 Å². The summed E-state index contributed by atoms with van der Waals surface area (Å²) in [7, 11) is 0. The number of carbonyl (C=O) groups is 1. The van der Waals surface area contributed by atoms with Gasteiger partial charge in [0.25, 0.3) is 0 Å². The van der Waals surface area contributed by atoms with Crippen LogP contribution in [-0.4, -0.2) is 21.1 Å². The average molecular weight is 324 g/mol. The first kappa shape index (κ1) is 15.5. The molecule has 3 rings (SSSR count). The molecule has 122 valence electrons. The van der Waals surface area contributed by atoms with E-state index in [0.717, 1.165) is 17.1 Å². The van der Waals surface area contributed by atoms with Crippen LogP contribution in [0.15, 0.2) is 53.3 Å². The van der Waals surface area contributed by atoms with Gasteiger partial charge in [0, 0.05) is 18.3 Å². The van der Waals surface area contributed by atoms with Crippen LogP contribution in [0.5, 0.6) is 0 Å². The Balaban J connectivity index is 1.62. The van der Waals surface area contributed by atoms with Crippen LogP contribution in [0.1, 0.15) is 12.7 Å². The molecule has 0 aliphatic heterocycles. The maximum atomic E-state index is 11.0. The predicted octanol–water partition coefficient (Wildman–Crippen LogP) is 2.78. The van der Waals surface area contributed by atoms with Crippen LogP contribution in [0.25, 0.3) is 0 Å². The summed E-state index contributed by atoms with van der Waals surface area (Å²) in [4.78, 5) is 15.3. The van der Waals surface area contributed by atoms with Gasteiger partial charge in [0.15, 0.2) is 5.82 Å². The Morgan fingerprint density at radius 3 is 2.67 bits per heavy atom. The van der Waals surface area contributed by atoms with Gasteiger partial charge in [0.05, 0.1) is 19.0 Å². The quantitative estimate of drug-likeness (QED) is 0.640. The second-order valence-electron chi connectivity index (χ2n) is 4.98. The number of furan rings is 1. The Morgan fingerprint density at radius 2 is 1.96 bits per heavy atom. The van der Waals surface area contributed by atoms with Crippen LogP contribution >= 0.6 is 0 Å². The monoisotopic (exact) mass is 324 g/mol. The lowest BCUT2D eigenvalue weighted by molar-refractivity contribution is -0.114. The average Bonchev–Trinajstić information content (AvgIpc) is 3.08. The lowest BCUT2D eigenvalue weighted by Crippen LogP contribution is -2.06. The van der Waals surface area contributed by atoms with E-state index in [4.69, 9.17) is 4.42 Å². The highest BCUT2D eigenvalue weighted by atomic mass is 16.3. The van der Waals surface area contributed by atoms with Gasteiger partial charge < -0.3 is 20.4 Å². The summed E-state index contributed by atoms with van der Waals surface area (Å²) in [5.41, 5.74) is 1.51. The highest BCUT2D eigenvalue weighted by Crippen LogP contribution is 2.17.